The Balaban J connectivity index is 1.78. The lowest BCUT2D eigenvalue weighted by Crippen LogP contribution is -2.12. The number of anilines is 1. The normalized spacial score (nSPS) is 17.9. The van der Waals surface area contributed by atoms with Gasteiger partial charge in [-0.2, -0.15) is 5.10 Å². The van der Waals surface area contributed by atoms with Gasteiger partial charge in [-0.15, -0.1) is 0 Å². The molecule has 1 aliphatic carbocycles. The van der Waals surface area contributed by atoms with Crippen molar-refractivity contribution in [1.82, 2.24) is 14.6 Å². The summed E-state index contributed by atoms with van der Waals surface area (Å²) in [6.07, 6.45) is 6.35. The minimum atomic E-state index is 0.508. The highest BCUT2D eigenvalue weighted by atomic mass is 15.2. The molecular weight excluding hydrogens is 188 g/mol. The fourth-order valence-corrected chi connectivity index (χ4v) is 1.61. The van der Waals surface area contributed by atoms with Crippen LogP contribution in [-0.4, -0.2) is 21.1 Å². The molecule has 1 fully saturated rings. The van der Waals surface area contributed by atoms with Crippen molar-refractivity contribution in [2.75, 3.05) is 11.9 Å². The van der Waals surface area contributed by atoms with E-state index < -0.39 is 0 Å². The number of nitrogens with one attached hydrogen (secondary N) is 1. The molecule has 0 bridgehead atoms. The van der Waals surface area contributed by atoms with Crippen LogP contribution in [0.15, 0.2) is 24.5 Å². The molecule has 3 rings (SSSR count). The predicted molar refractivity (Wildman–Crippen MR) is 58.8 cm³/mol. The van der Waals surface area contributed by atoms with Crippen molar-refractivity contribution in [2.45, 2.75) is 19.8 Å². The van der Waals surface area contributed by atoms with Crippen LogP contribution < -0.4 is 5.32 Å². The average Bonchev–Trinajstić information content (AvgIpc) is 2.80. The van der Waals surface area contributed by atoms with Gasteiger partial charge in [0, 0.05) is 18.8 Å². The second-order valence-corrected chi connectivity index (χ2v) is 4.61. The average molecular weight is 202 g/mol. The van der Waals surface area contributed by atoms with Crippen LogP contribution in [0.1, 0.15) is 19.8 Å². The standard InChI is InChI=1S/C11H14N4/c1-11(4-5-11)8-12-9-3-7-15-10(14-9)2-6-13-15/h2-3,6-7H,4-5,8H2,1H3,(H,12,14). The molecule has 4 heteroatoms. The van der Waals surface area contributed by atoms with Crippen LogP contribution in [0.5, 0.6) is 0 Å². The molecule has 1 saturated carbocycles. The van der Waals surface area contributed by atoms with Crippen LogP contribution >= 0.6 is 0 Å². The third kappa shape index (κ3) is 1.67. The van der Waals surface area contributed by atoms with Crippen molar-refractivity contribution in [3.63, 3.8) is 0 Å². The maximum absolute atomic E-state index is 4.46. The molecule has 0 saturated heterocycles. The van der Waals surface area contributed by atoms with Gasteiger partial charge in [0.1, 0.15) is 5.82 Å². The Morgan fingerprint density at radius 3 is 3.13 bits per heavy atom. The van der Waals surface area contributed by atoms with E-state index in [-0.39, 0.29) is 0 Å². The third-order valence-electron chi connectivity index (χ3n) is 3.06. The number of rotatable bonds is 3. The van der Waals surface area contributed by atoms with E-state index >= 15 is 0 Å². The van der Waals surface area contributed by atoms with E-state index in [0.717, 1.165) is 18.0 Å². The Kier molecular flexibility index (Phi) is 1.71. The zero-order valence-corrected chi connectivity index (χ0v) is 8.77. The lowest BCUT2D eigenvalue weighted by atomic mass is 10.1. The van der Waals surface area contributed by atoms with Crippen LogP contribution in [0.3, 0.4) is 0 Å². The first-order chi connectivity index (χ1) is 7.25. The largest absolute Gasteiger partial charge is 0.369 e. The highest BCUT2D eigenvalue weighted by molar-refractivity contribution is 5.45. The van der Waals surface area contributed by atoms with E-state index in [9.17, 15) is 0 Å². The molecule has 4 nitrogen and oxygen atoms in total. The molecule has 0 aliphatic heterocycles. The number of hydrogen-bond acceptors (Lipinski definition) is 3. The van der Waals surface area contributed by atoms with Crippen LogP contribution in [-0.2, 0) is 0 Å². The summed E-state index contributed by atoms with van der Waals surface area (Å²) >= 11 is 0. The van der Waals surface area contributed by atoms with Crippen LogP contribution in [0.2, 0.25) is 0 Å². The molecular formula is C11H14N4. The molecule has 2 aromatic rings. The zero-order chi connectivity index (χ0) is 10.3. The Hall–Kier alpha value is -1.58. The first kappa shape index (κ1) is 8.71. The van der Waals surface area contributed by atoms with Gasteiger partial charge in [-0.25, -0.2) is 9.50 Å². The van der Waals surface area contributed by atoms with E-state index in [1.807, 2.05) is 18.3 Å². The quantitative estimate of drug-likeness (QED) is 0.827. The van der Waals surface area contributed by atoms with E-state index in [1.165, 1.54) is 12.8 Å². The molecule has 78 valence electrons. The second-order valence-electron chi connectivity index (χ2n) is 4.61. The van der Waals surface area contributed by atoms with Crippen molar-refractivity contribution in [2.24, 2.45) is 5.41 Å². The Bertz CT molecular complexity index is 484. The number of fused-ring (bicyclic) bond motifs is 1. The third-order valence-corrected chi connectivity index (χ3v) is 3.06. The highest BCUT2D eigenvalue weighted by Crippen LogP contribution is 2.44. The Morgan fingerprint density at radius 1 is 1.47 bits per heavy atom. The summed E-state index contributed by atoms with van der Waals surface area (Å²) in [5, 5.41) is 7.48. The van der Waals surface area contributed by atoms with Gasteiger partial charge in [-0.1, -0.05) is 6.92 Å². The van der Waals surface area contributed by atoms with E-state index in [0.29, 0.717) is 5.41 Å². The minimum absolute atomic E-state index is 0.508. The molecule has 0 amide bonds. The molecule has 2 aromatic heterocycles. The summed E-state index contributed by atoms with van der Waals surface area (Å²) in [6.45, 7) is 3.32. The predicted octanol–water partition coefficient (Wildman–Crippen LogP) is 1.94. The van der Waals surface area contributed by atoms with Crippen molar-refractivity contribution in [3.05, 3.63) is 24.5 Å². The summed E-state index contributed by atoms with van der Waals surface area (Å²) < 4.78 is 1.77. The van der Waals surface area contributed by atoms with Gasteiger partial charge in [0.05, 0.1) is 6.20 Å². The summed E-state index contributed by atoms with van der Waals surface area (Å²) in [7, 11) is 0. The van der Waals surface area contributed by atoms with Crippen molar-refractivity contribution in [3.8, 4) is 0 Å². The molecule has 0 radical (unpaired) electrons. The van der Waals surface area contributed by atoms with Crippen LogP contribution in [0.4, 0.5) is 5.82 Å². The first-order valence-electron chi connectivity index (χ1n) is 5.30. The summed E-state index contributed by atoms with van der Waals surface area (Å²) in [4.78, 5) is 4.46. The monoisotopic (exact) mass is 202 g/mol. The molecule has 1 aliphatic rings. The van der Waals surface area contributed by atoms with E-state index in [2.05, 4.69) is 22.3 Å². The minimum Gasteiger partial charge on any atom is -0.369 e. The molecule has 0 spiro atoms. The van der Waals surface area contributed by atoms with Crippen LogP contribution in [0, 0.1) is 5.41 Å². The molecule has 15 heavy (non-hydrogen) atoms. The van der Waals surface area contributed by atoms with Gasteiger partial charge >= 0.3 is 0 Å². The van der Waals surface area contributed by atoms with Gasteiger partial charge in [0.2, 0.25) is 0 Å². The number of hydrogen-bond donors (Lipinski definition) is 1. The summed E-state index contributed by atoms with van der Waals surface area (Å²) in [6, 6.07) is 3.87. The lowest BCUT2D eigenvalue weighted by molar-refractivity contribution is 0.609. The lowest BCUT2D eigenvalue weighted by Gasteiger charge is -2.10. The van der Waals surface area contributed by atoms with Crippen molar-refractivity contribution < 1.29 is 0 Å². The van der Waals surface area contributed by atoms with Crippen molar-refractivity contribution in [1.29, 1.82) is 0 Å². The van der Waals surface area contributed by atoms with E-state index in [1.54, 1.807) is 10.7 Å². The first-order valence-corrected chi connectivity index (χ1v) is 5.30. The van der Waals surface area contributed by atoms with Crippen molar-refractivity contribution >= 4 is 11.5 Å². The maximum atomic E-state index is 4.46. The second kappa shape index (κ2) is 2.95. The van der Waals surface area contributed by atoms with Gasteiger partial charge in [-0.05, 0) is 24.3 Å². The van der Waals surface area contributed by atoms with E-state index in [4.69, 9.17) is 0 Å². The number of aromatic nitrogens is 3. The maximum Gasteiger partial charge on any atom is 0.157 e. The van der Waals surface area contributed by atoms with Gasteiger partial charge in [-0.3, -0.25) is 0 Å². The number of nitrogens with zero attached hydrogens (tertiary/aromatic N) is 3. The fraction of sp³-hybridized carbons (Fsp3) is 0.455. The molecule has 0 unspecified atom stereocenters. The fourth-order valence-electron chi connectivity index (χ4n) is 1.61. The molecule has 0 atom stereocenters. The topological polar surface area (TPSA) is 42.2 Å². The smallest absolute Gasteiger partial charge is 0.157 e. The summed E-state index contributed by atoms with van der Waals surface area (Å²) in [5.74, 6) is 0.941. The highest BCUT2D eigenvalue weighted by Gasteiger charge is 2.36. The zero-order valence-electron chi connectivity index (χ0n) is 8.77. The SMILES string of the molecule is CC1(CNc2ccn3nccc3n2)CC1. The van der Waals surface area contributed by atoms with Gasteiger partial charge in [0.25, 0.3) is 0 Å². The van der Waals surface area contributed by atoms with Gasteiger partial charge < -0.3 is 5.32 Å². The molecule has 0 aromatic carbocycles. The summed E-state index contributed by atoms with van der Waals surface area (Å²) in [5.41, 5.74) is 1.40. The molecule has 2 heterocycles. The Labute approximate surface area is 88.3 Å². The van der Waals surface area contributed by atoms with Gasteiger partial charge in [0.15, 0.2) is 5.65 Å². The van der Waals surface area contributed by atoms with Crippen LogP contribution in [0.25, 0.3) is 5.65 Å². The Morgan fingerprint density at radius 2 is 2.33 bits per heavy atom. The molecule has 1 N–H and O–H groups in total.